The molecule has 0 saturated heterocycles. The first-order valence-corrected chi connectivity index (χ1v) is 9.45. The fraction of sp³-hybridized carbons (Fsp3) is 0.350. The van der Waals surface area contributed by atoms with Crippen molar-refractivity contribution in [3.63, 3.8) is 0 Å². The molecule has 6 nitrogen and oxygen atoms in total. The maximum absolute atomic E-state index is 6.21. The molecule has 0 aliphatic rings. The summed E-state index contributed by atoms with van der Waals surface area (Å²) in [6.45, 7) is 1.22. The molecule has 2 N–H and O–H groups in total. The lowest BCUT2D eigenvalue weighted by Crippen LogP contribution is -2.37. The number of aliphatic imine (C=N–C) groups is 1. The SMILES string of the molecule is CN=C(NCCc1ccc(Cl)cc1Cl)NCc1cc(OC)c(OC)c(OC)c1.I. The molecular formula is C20H26Cl2IN3O3. The molecule has 29 heavy (non-hydrogen) atoms. The van der Waals surface area contributed by atoms with E-state index in [1.54, 1.807) is 34.4 Å². The molecule has 0 unspecified atom stereocenters. The van der Waals surface area contributed by atoms with Gasteiger partial charge in [-0.05, 0) is 41.8 Å². The molecular weight excluding hydrogens is 528 g/mol. The lowest BCUT2D eigenvalue weighted by Gasteiger charge is -2.16. The second-order valence-electron chi connectivity index (χ2n) is 5.87. The highest BCUT2D eigenvalue weighted by Gasteiger charge is 2.13. The molecule has 2 rings (SSSR count). The highest BCUT2D eigenvalue weighted by atomic mass is 127. The van der Waals surface area contributed by atoms with Crippen LogP contribution in [0.5, 0.6) is 17.2 Å². The Bertz CT molecular complexity index is 810. The Kier molecular flexibility index (Phi) is 11.3. The highest BCUT2D eigenvalue weighted by molar-refractivity contribution is 14.0. The van der Waals surface area contributed by atoms with Crippen molar-refractivity contribution < 1.29 is 14.2 Å². The van der Waals surface area contributed by atoms with Crippen LogP contribution in [-0.4, -0.2) is 40.9 Å². The van der Waals surface area contributed by atoms with Crippen LogP contribution >= 0.6 is 47.2 Å². The van der Waals surface area contributed by atoms with Crippen molar-refractivity contribution in [3.8, 4) is 17.2 Å². The second-order valence-corrected chi connectivity index (χ2v) is 6.72. The number of hydrogen-bond acceptors (Lipinski definition) is 4. The van der Waals surface area contributed by atoms with E-state index in [4.69, 9.17) is 37.4 Å². The van der Waals surface area contributed by atoms with E-state index in [1.165, 1.54) is 0 Å². The molecule has 0 fully saturated rings. The van der Waals surface area contributed by atoms with E-state index in [0.29, 0.717) is 46.3 Å². The number of nitrogens with zero attached hydrogens (tertiary/aromatic N) is 1. The van der Waals surface area contributed by atoms with Gasteiger partial charge >= 0.3 is 0 Å². The van der Waals surface area contributed by atoms with Crippen LogP contribution in [-0.2, 0) is 13.0 Å². The monoisotopic (exact) mass is 553 g/mol. The molecule has 2 aromatic rings. The van der Waals surface area contributed by atoms with E-state index >= 15 is 0 Å². The number of benzene rings is 2. The van der Waals surface area contributed by atoms with Gasteiger partial charge in [0, 0.05) is 30.2 Å². The summed E-state index contributed by atoms with van der Waals surface area (Å²) in [5.41, 5.74) is 2.00. The number of nitrogens with one attached hydrogen (secondary N) is 2. The smallest absolute Gasteiger partial charge is 0.203 e. The van der Waals surface area contributed by atoms with Crippen molar-refractivity contribution in [1.82, 2.24) is 10.6 Å². The molecule has 0 aromatic heterocycles. The van der Waals surface area contributed by atoms with Gasteiger partial charge in [0.1, 0.15) is 0 Å². The molecule has 0 radical (unpaired) electrons. The predicted octanol–water partition coefficient (Wildman–Crippen LogP) is 4.54. The van der Waals surface area contributed by atoms with Crippen LogP contribution in [0.15, 0.2) is 35.3 Å². The third kappa shape index (κ3) is 7.31. The second kappa shape index (κ2) is 12.9. The van der Waals surface area contributed by atoms with E-state index in [-0.39, 0.29) is 24.0 Å². The van der Waals surface area contributed by atoms with Gasteiger partial charge in [-0.3, -0.25) is 4.99 Å². The van der Waals surface area contributed by atoms with Gasteiger partial charge in [0.15, 0.2) is 17.5 Å². The first-order valence-electron chi connectivity index (χ1n) is 8.69. The summed E-state index contributed by atoms with van der Waals surface area (Å²) in [6, 6.07) is 9.30. The Morgan fingerprint density at radius 1 is 0.966 bits per heavy atom. The van der Waals surface area contributed by atoms with Crippen LogP contribution < -0.4 is 24.8 Å². The zero-order chi connectivity index (χ0) is 20.5. The number of methoxy groups -OCH3 is 3. The Balaban J connectivity index is 0.00000420. The molecule has 0 spiro atoms. The molecule has 2 aromatic carbocycles. The van der Waals surface area contributed by atoms with Gasteiger partial charge < -0.3 is 24.8 Å². The maximum Gasteiger partial charge on any atom is 0.203 e. The van der Waals surface area contributed by atoms with Crippen LogP contribution in [0.25, 0.3) is 0 Å². The van der Waals surface area contributed by atoms with Gasteiger partial charge in [-0.2, -0.15) is 0 Å². The number of hydrogen-bond donors (Lipinski definition) is 2. The van der Waals surface area contributed by atoms with Crippen molar-refractivity contribution in [2.75, 3.05) is 34.9 Å². The van der Waals surface area contributed by atoms with E-state index in [1.807, 2.05) is 24.3 Å². The van der Waals surface area contributed by atoms with Gasteiger partial charge in [-0.1, -0.05) is 29.3 Å². The van der Waals surface area contributed by atoms with Gasteiger partial charge in [-0.25, -0.2) is 0 Å². The highest BCUT2D eigenvalue weighted by Crippen LogP contribution is 2.38. The van der Waals surface area contributed by atoms with E-state index in [0.717, 1.165) is 17.5 Å². The van der Waals surface area contributed by atoms with Crippen LogP contribution in [0.3, 0.4) is 0 Å². The molecule has 0 aliphatic heterocycles. The number of halogens is 3. The van der Waals surface area contributed by atoms with Crippen LogP contribution in [0.2, 0.25) is 10.0 Å². The van der Waals surface area contributed by atoms with E-state index in [9.17, 15) is 0 Å². The zero-order valence-electron chi connectivity index (χ0n) is 16.8. The van der Waals surface area contributed by atoms with Crippen molar-refractivity contribution >= 4 is 53.1 Å². The summed E-state index contributed by atoms with van der Waals surface area (Å²) in [7, 11) is 6.49. The summed E-state index contributed by atoms with van der Waals surface area (Å²) in [5.74, 6) is 2.47. The predicted molar refractivity (Wildman–Crippen MR) is 130 cm³/mol. The number of ether oxygens (including phenoxy) is 3. The van der Waals surface area contributed by atoms with Crippen LogP contribution in [0.4, 0.5) is 0 Å². The third-order valence-corrected chi connectivity index (χ3v) is 4.70. The quantitative estimate of drug-likeness (QED) is 0.285. The Morgan fingerprint density at radius 2 is 1.62 bits per heavy atom. The topological polar surface area (TPSA) is 64.1 Å². The fourth-order valence-corrected chi connectivity index (χ4v) is 3.19. The van der Waals surface area contributed by atoms with Gasteiger partial charge in [0.2, 0.25) is 5.75 Å². The Labute approximate surface area is 198 Å². The number of rotatable bonds is 8. The van der Waals surface area contributed by atoms with Crippen molar-refractivity contribution in [3.05, 3.63) is 51.5 Å². The first-order chi connectivity index (χ1) is 13.5. The maximum atomic E-state index is 6.21. The van der Waals surface area contributed by atoms with Crippen molar-refractivity contribution in [2.45, 2.75) is 13.0 Å². The normalized spacial score (nSPS) is 10.8. The molecule has 0 saturated carbocycles. The lowest BCUT2D eigenvalue weighted by atomic mass is 10.1. The molecule has 160 valence electrons. The lowest BCUT2D eigenvalue weighted by molar-refractivity contribution is 0.323. The summed E-state index contributed by atoms with van der Waals surface area (Å²) in [5, 5.41) is 7.83. The average Bonchev–Trinajstić information content (AvgIpc) is 2.70. The van der Waals surface area contributed by atoms with E-state index in [2.05, 4.69) is 15.6 Å². The minimum absolute atomic E-state index is 0. The molecule has 0 bridgehead atoms. The fourth-order valence-electron chi connectivity index (χ4n) is 2.68. The molecule has 0 atom stereocenters. The molecule has 0 heterocycles. The number of guanidine groups is 1. The molecule has 9 heteroatoms. The summed E-state index contributed by atoms with van der Waals surface area (Å²) >= 11 is 12.1. The van der Waals surface area contributed by atoms with Crippen molar-refractivity contribution in [2.24, 2.45) is 4.99 Å². The zero-order valence-corrected chi connectivity index (χ0v) is 20.7. The largest absolute Gasteiger partial charge is 0.493 e. The minimum atomic E-state index is 0. The average molecular weight is 554 g/mol. The van der Waals surface area contributed by atoms with Gasteiger partial charge in [0.05, 0.1) is 21.3 Å². The third-order valence-electron chi connectivity index (χ3n) is 4.11. The minimum Gasteiger partial charge on any atom is -0.493 e. The van der Waals surface area contributed by atoms with Crippen LogP contribution in [0.1, 0.15) is 11.1 Å². The Morgan fingerprint density at radius 3 is 2.14 bits per heavy atom. The van der Waals surface area contributed by atoms with Crippen LogP contribution in [0, 0.1) is 0 Å². The molecule has 0 amide bonds. The first kappa shape index (κ1) is 25.5. The van der Waals surface area contributed by atoms with Gasteiger partial charge in [-0.15, -0.1) is 24.0 Å². The Hall–Kier alpha value is -1.58. The standard InChI is InChI=1S/C20H25Cl2N3O3.HI/c1-23-20(24-8-7-14-5-6-15(21)11-16(14)22)25-12-13-9-17(26-2)19(28-4)18(10-13)27-3;/h5-6,9-11H,7-8,12H2,1-4H3,(H2,23,24,25);1H. The van der Waals surface area contributed by atoms with Gasteiger partial charge in [0.25, 0.3) is 0 Å². The van der Waals surface area contributed by atoms with Crippen molar-refractivity contribution in [1.29, 1.82) is 0 Å². The summed E-state index contributed by atoms with van der Waals surface area (Å²) in [4.78, 5) is 4.24. The summed E-state index contributed by atoms with van der Waals surface area (Å²) in [6.07, 6.45) is 0.751. The van der Waals surface area contributed by atoms with E-state index < -0.39 is 0 Å². The summed E-state index contributed by atoms with van der Waals surface area (Å²) < 4.78 is 16.1. The molecule has 0 aliphatic carbocycles.